The Bertz CT molecular complexity index is 767. The zero-order valence-electron chi connectivity index (χ0n) is 14.3. The number of carbonyl (C=O) groups is 1. The van der Waals surface area contributed by atoms with Gasteiger partial charge in [-0.05, 0) is 32.0 Å². The smallest absolute Gasteiger partial charge is 0.342 e. The molecule has 26 heavy (non-hydrogen) atoms. The second kappa shape index (κ2) is 7.75. The van der Waals surface area contributed by atoms with Crippen LogP contribution < -0.4 is 5.32 Å². The number of carbonyl (C=O) groups excluding carboxylic acids is 1. The molecule has 4 nitrogen and oxygen atoms in total. The van der Waals surface area contributed by atoms with Crippen molar-refractivity contribution in [1.82, 2.24) is 15.2 Å². The molecule has 1 aromatic carbocycles. The molecule has 3 rings (SSSR count). The lowest BCUT2D eigenvalue weighted by Gasteiger charge is -2.31. The standard InChI is InChI=1S/C18H20F3N3OS/c1-22-14-5-7-24(8-6-14)16(25)10-15-11-26-17(23-15)12-3-2-4-13(9-12)18(19,20)21/h2-4,9,11,14,22H,5-8,10H2,1H3. The summed E-state index contributed by atoms with van der Waals surface area (Å²) in [5.41, 5.74) is 0.316. The molecule has 0 unspecified atom stereocenters. The number of alkyl halides is 3. The van der Waals surface area contributed by atoms with Crippen LogP contribution in [0.1, 0.15) is 24.1 Å². The Morgan fingerprint density at radius 3 is 2.73 bits per heavy atom. The van der Waals surface area contributed by atoms with Crippen LogP contribution in [0, 0.1) is 0 Å². The average Bonchev–Trinajstić information content (AvgIpc) is 3.09. The van der Waals surface area contributed by atoms with Gasteiger partial charge in [-0.15, -0.1) is 11.3 Å². The Labute approximate surface area is 154 Å². The van der Waals surface area contributed by atoms with Crippen molar-refractivity contribution >= 4 is 17.2 Å². The first-order valence-electron chi connectivity index (χ1n) is 8.44. The number of aromatic nitrogens is 1. The molecule has 0 atom stereocenters. The first kappa shape index (κ1) is 18.8. The highest BCUT2D eigenvalue weighted by atomic mass is 32.1. The lowest BCUT2D eigenvalue weighted by Crippen LogP contribution is -2.44. The molecule has 1 amide bonds. The van der Waals surface area contributed by atoms with E-state index in [-0.39, 0.29) is 12.3 Å². The second-order valence-corrected chi connectivity index (χ2v) is 7.20. The average molecular weight is 383 g/mol. The first-order valence-corrected chi connectivity index (χ1v) is 9.32. The van der Waals surface area contributed by atoms with Crippen LogP contribution in [-0.2, 0) is 17.4 Å². The van der Waals surface area contributed by atoms with Crippen LogP contribution in [-0.4, -0.2) is 42.0 Å². The van der Waals surface area contributed by atoms with Gasteiger partial charge in [-0.25, -0.2) is 4.98 Å². The van der Waals surface area contributed by atoms with Crippen LogP contribution >= 0.6 is 11.3 Å². The summed E-state index contributed by atoms with van der Waals surface area (Å²) in [6.45, 7) is 1.43. The number of hydrogen-bond acceptors (Lipinski definition) is 4. The Morgan fingerprint density at radius 1 is 1.35 bits per heavy atom. The third-order valence-corrected chi connectivity index (χ3v) is 5.52. The van der Waals surface area contributed by atoms with E-state index in [0.29, 0.717) is 22.3 Å². The lowest BCUT2D eigenvalue weighted by atomic mass is 10.0. The molecule has 2 heterocycles. The summed E-state index contributed by atoms with van der Waals surface area (Å²) in [6, 6.07) is 5.55. The van der Waals surface area contributed by atoms with Gasteiger partial charge in [-0.1, -0.05) is 12.1 Å². The molecular formula is C18H20F3N3OS. The summed E-state index contributed by atoms with van der Waals surface area (Å²) in [7, 11) is 1.92. The van der Waals surface area contributed by atoms with E-state index in [1.54, 1.807) is 11.4 Å². The van der Waals surface area contributed by atoms with Gasteiger partial charge >= 0.3 is 6.18 Å². The Balaban J connectivity index is 1.66. The highest BCUT2D eigenvalue weighted by molar-refractivity contribution is 7.13. The van der Waals surface area contributed by atoms with Crippen molar-refractivity contribution in [2.75, 3.05) is 20.1 Å². The molecule has 1 aliphatic heterocycles. The lowest BCUT2D eigenvalue weighted by molar-refractivity contribution is -0.137. The van der Waals surface area contributed by atoms with Crippen LogP contribution in [0.5, 0.6) is 0 Å². The number of rotatable bonds is 4. The van der Waals surface area contributed by atoms with Crippen LogP contribution in [0.2, 0.25) is 0 Å². The number of piperidine rings is 1. The zero-order valence-corrected chi connectivity index (χ0v) is 15.2. The van der Waals surface area contributed by atoms with Gasteiger partial charge < -0.3 is 10.2 Å². The molecule has 1 aliphatic rings. The molecule has 1 aromatic heterocycles. The Hall–Kier alpha value is -1.93. The van der Waals surface area contributed by atoms with Crippen molar-refractivity contribution in [3.05, 3.63) is 40.9 Å². The van der Waals surface area contributed by atoms with E-state index in [2.05, 4.69) is 10.3 Å². The maximum absolute atomic E-state index is 12.8. The van der Waals surface area contributed by atoms with Crippen LogP contribution in [0.25, 0.3) is 10.6 Å². The fourth-order valence-corrected chi connectivity index (χ4v) is 3.85. The van der Waals surface area contributed by atoms with Crippen molar-refractivity contribution < 1.29 is 18.0 Å². The first-order chi connectivity index (χ1) is 12.4. The number of benzene rings is 1. The molecule has 0 saturated carbocycles. The third-order valence-electron chi connectivity index (χ3n) is 4.58. The third kappa shape index (κ3) is 4.42. The van der Waals surface area contributed by atoms with Crippen molar-refractivity contribution in [1.29, 1.82) is 0 Å². The van der Waals surface area contributed by atoms with Crippen molar-refractivity contribution in [3.8, 4) is 10.6 Å². The molecule has 140 valence electrons. The molecular weight excluding hydrogens is 363 g/mol. The molecule has 0 radical (unpaired) electrons. The van der Waals surface area contributed by atoms with Crippen LogP contribution in [0.15, 0.2) is 29.6 Å². The van der Waals surface area contributed by atoms with E-state index in [1.807, 2.05) is 11.9 Å². The number of thiazole rings is 1. The largest absolute Gasteiger partial charge is 0.416 e. The summed E-state index contributed by atoms with van der Waals surface area (Å²) in [6.07, 6.45) is -2.35. The highest BCUT2D eigenvalue weighted by Gasteiger charge is 2.30. The number of hydrogen-bond donors (Lipinski definition) is 1. The molecule has 0 aliphatic carbocycles. The molecule has 0 spiro atoms. The predicted molar refractivity (Wildman–Crippen MR) is 94.9 cm³/mol. The fraction of sp³-hybridized carbons (Fsp3) is 0.444. The molecule has 8 heteroatoms. The van der Waals surface area contributed by atoms with E-state index in [9.17, 15) is 18.0 Å². The van der Waals surface area contributed by atoms with E-state index < -0.39 is 11.7 Å². The molecule has 1 N–H and O–H groups in total. The van der Waals surface area contributed by atoms with Crippen LogP contribution in [0.4, 0.5) is 13.2 Å². The minimum Gasteiger partial charge on any atom is -0.342 e. The number of nitrogens with one attached hydrogen (secondary N) is 1. The van der Waals surface area contributed by atoms with Gasteiger partial charge in [0.15, 0.2) is 0 Å². The van der Waals surface area contributed by atoms with Gasteiger partial charge in [0.2, 0.25) is 5.91 Å². The van der Waals surface area contributed by atoms with Crippen LogP contribution in [0.3, 0.4) is 0 Å². The summed E-state index contributed by atoms with van der Waals surface area (Å²) < 4.78 is 38.5. The summed E-state index contributed by atoms with van der Waals surface area (Å²) in [4.78, 5) is 18.6. The van der Waals surface area contributed by atoms with Gasteiger partial charge in [0, 0.05) is 30.1 Å². The highest BCUT2D eigenvalue weighted by Crippen LogP contribution is 2.33. The molecule has 1 saturated heterocycles. The quantitative estimate of drug-likeness (QED) is 0.878. The van der Waals surface area contributed by atoms with Crippen molar-refractivity contribution in [2.45, 2.75) is 31.5 Å². The Kier molecular flexibility index (Phi) is 5.62. The van der Waals surface area contributed by atoms with E-state index in [1.165, 1.54) is 17.4 Å². The second-order valence-electron chi connectivity index (χ2n) is 6.34. The van der Waals surface area contributed by atoms with Crippen molar-refractivity contribution in [3.63, 3.8) is 0 Å². The van der Waals surface area contributed by atoms with E-state index in [0.717, 1.165) is 38.1 Å². The number of amides is 1. The normalized spacial score (nSPS) is 16.1. The Morgan fingerprint density at radius 2 is 2.08 bits per heavy atom. The summed E-state index contributed by atoms with van der Waals surface area (Å²) in [5, 5.41) is 5.46. The fourth-order valence-electron chi connectivity index (χ4n) is 3.03. The van der Waals surface area contributed by atoms with E-state index >= 15 is 0 Å². The van der Waals surface area contributed by atoms with Gasteiger partial charge in [-0.3, -0.25) is 4.79 Å². The molecule has 2 aromatic rings. The van der Waals surface area contributed by atoms with Gasteiger partial charge in [0.25, 0.3) is 0 Å². The summed E-state index contributed by atoms with van der Waals surface area (Å²) in [5.74, 6) is 0.0143. The van der Waals surface area contributed by atoms with Gasteiger partial charge in [0.05, 0.1) is 17.7 Å². The maximum Gasteiger partial charge on any atom is 0.416 e. The van der Waals surface area contributed by atoms with Gasteiger partial charge in [0.1, 0.15) is 5.01 Å². The monoisotopic (exact) mass is 383 g/mol. The SMILES string of the molecule is CNC1CCN(C(=O)Cc2csc(-c3cccc(C(F)(F)F)c3)n2)CC1. The number of nitrogens with zero attached hydrogens (tertiary/aromatic N) is 2. The number of halogens is 3. The zero-order chi connectivity index (χ0) is 18.7. The molecule has 1 fully saturated rings. The van der Waals surface area contributed by atoms with Gasteiger partial charge in [-0.2, -0.15) is 13.2 Å². The summed E-state index contributed by atoms with van der Waals surface area (Å²) >= 11 is 1.26. The van der Waals surface area contributed by atoms with Crippen molar-refractivity contribution in [2.24, 2.45) is 0 Å². The molecule has 0 bridgehead atoms. The minimum absolute atomic E-state index is 0.0143. The predicted octanol–water partition coefficient (Wildman–Crippen LogP) is 3.58. The topological polar surface area (TPSA) is 45.2 Å². The minimum atomic E-state index is -4.38. The maximum atomic E-state index is 12.8. The van der Waals surface area contributed by atoms with E-state index in [4.69, 9.17) is 0 Å². The number of likely N-dealkylation sites (tertiary alicyclic amines) is 1.